The fraction of sp³-hybridized carbons (Fsp3) is 0.364. The van der Waals surface area contributed by atoms with Crippen LogP contribution < -0.4 is 5.32 Å². The average Bonchev–Trinajstić information content (AvgIpc) is 3.62. The minimum absolute atomic E-state index is 0.134. The molecule has 0 aliphatic heterocycles. The molecule has 0 heterocycles. The van der Waals surface area contributed by atoms with Crippen LogP contribution in [0.3, 0.4) is 0 Å². The van der Waals surface area contributed by atoms with Crippen LogP contribution in [0.1, 0.15) is 53.3 Å². The highest BCUT2D eigenvalue weighted by Gasteiger charge is 2.49. The molecule has 2 aromatic carbocycles. The van der Waals surface area contributed by atoms with E-state index in [0.29, 0.717) is 12.1 Å². The predicted molar refractivity (Wildman–Crippen MR) is 98.4 cm³/mol. The van der Waals surface area contributed by atoms with E-state index in [9.17, 15) is 15.2 Å². The van der Waals surface area contributed by atoms with Gasteiger partial charge in [0.2, 0.25) is 0 Å². The molecule has 0 saturated heterocycles. The van der Waals surface area contributed by atoms with Gasteiger partial charge in [-0.3, -0.25) is 4.79 Å². The molecule has 2 saturated carbocycles. The van der Waals surface area contributed by atoms with E-state index in [1.54, 1.807) is 12.1 Å². The second kappa shape index (κ2) is 6.26. The lowest BCUT2D eigenvalue weighted by molar-refractivity contribution is 0.0808. The van der Waals surface area contributed by atoms with E-state index in [4.69, 9.17) is 0 Å². The van der Waals surface area contributed by atoms with Crippen molar-refractivity contribution in [2.45, 2.75) is 37.2 Å². The Hall–Kier alpha value is -2.64. The lowest BCUT2D eigenvalue weighted by Crippen LogP contribution is -2.33. The van der Waals surface area contributed by atoms with Gasteiger partial charge >= 0.3 is 0 Å². The van der Waals surface area contributed by atoms with Gasteiger partial charge in [0.1, 0.15) is 0 Å². The standard InChI is InChI=1S/C22H22N2O2/c23-14-21(10-11-21)18-8-6-17(7-9-18)20(26)24-15-22(12-13-22)19(25)16-4-2-1-3-5-16/h1-9,19,25H,10-13,15H2,(H,24,26). The number of rotatable bonds is 6. The van der Waals surface area contributed by atoms with Gasteiger partial charge in [-0.15, -0.1) is 0 Å². The Morgan fingerprint density at radius 1 is 1.08 bits per heavy atom. The molecule has 2 aliphatic rings. The van der Waals surface area contributed by atoms with Crippen LogP contribution >= 0.6 is 0 Å². The summed E-state index contributed by atoms with van der Waals surface area (Å²) in [7, 11) is 0. The van der Waals surface area contributed by atoms with Crippen molar-refractivity contribution in [2.24, 2.45) is 5.41 Å². The van der Waals surface area contributed by atoms with Gasteiger partial charge in [-0.05, 0) is 48.9 Å². The summed E-state index contributed by atoms with van der Waals surface area (Å²) in [5, 5.41) is 22.9. The van der Waals surface area contributed by atoms with E-state index in [1.807, 2.05) is 42.5 Å². The van der Waals surface area contributed by atoms with Gasteiger partial charge < -0.3 is 10.4 Å². The molecule has 4 heteroatoms. The zero-order valence-corrected chi connectivity index (χ0v) is 14.6. The van der Waals surface area contributed by atoms with Crippen molar-refractivity contribution < 1.29 is 9.90 Å². The Morgan fingerprint density at radius 2 is 1.73 bits per heavy atom. The van der Waals surface area contributed by atoms with Crippen molar-refractivity contribution in [3.05, 3.63) is 71.3 Å². The third-order valence-corrected chi connectivity index (χ3v) is 5.85. The van der Waals surface area contributed by atoms with Crippen molar-refractivity contribution >= 4 is 5.91 Å². The van der Waals surface area contributed by atoms with Crippen LogP contribution in [0.15, 0.2) is 54.6 Å². The minimum Gasteiger partial charge on any atom is -0.388 e. The van der Waals surface area contributed by atoms with Crippen LogP contribution in [0.4, 0.5) is 0 Å². The maximum absolute atomic E-state index is 12.5. The van der Waals surface area contributed by atoms with Crippen molar-refractivity contribution in [1.82, 2.24) is 5.32 Å². The predicted octanol–water partition coefficient (Wildman–Crippen LogP) is 3.49. The zero-order valence-electron chi connectivity index (χ0n) is 14.6. The number of aliphatic hydroxyl groups excluding tert-OH is 1. The Morgan fingerprint density at radius 3 is 2.27 bits per heavy atom. The fourth-order valence-electron chi connectivity index (χ4n) is 3.59. The van der Waals surface area contributed by atoms with Gasteiger partial charge in [-0.25, -0.2) is 0 Å². The average molecular weight is 346 g/mol. The van der Waals surface area contributed by atoms with E-state index < -0.39 is 6.10 Å². The molecule has 1 amide bonds. The minimum atomic E-state index is -0.559. The summed E-state index contributed by atoms with van der Waals surface area (Å²) in [6.45, 7) is 0.464. The quantitative estimate of drug-likeness (QED) is 0.841. The SMILES string of the molecule is N#CC1(c2ccc(C(=O)NCC3(C(O)c4ccccc4)CC3)cc2)CC1. The number of nitrogens with one attached hydrogen (secondary N) is 1. The number of nitriles is 1. The molecule has 2 fully saturated rings. The molecular formula is C22H22N2O2. The van der Waals surface area contributed by atoms with Gasteiger partial charge in [-0.2, -0.15) is 5.26 Å². The first kappa shape index (κ1) is 16.8. The molecule has 2 N–H and O–H groups in total. The van der Waals surface area contributed by atoms with Crippen molar-refractivity contribution in [1.29, 1.82) is 5.26 Å². The Labute approximate surface area is 153 Å². The molecule has 1 atom stereocenters. The van der Waals surface area contributed by atoms with Crippen LogP contribution in [-0.2, 0) is 5.41 Å². The molecule has 132 valence electrons. The number of benzene rings is 2. The normalized spacial score (nSPS) is 19.8. The number of nitrogens with zero attached hydrogens (tertiary/aromatic N) is 1. The highest BCUT2D eigenvalue weighted by atomic mass is 16.3. The molecule has 4 rings (SSSR count). The number of hydrogen-bond donors (Lipinski definition) is 2. The topological polar surface area (TPSA) is 73.1 Å². The van der Waals surface area contributed by atoms with Crippen LogP contribution in [0.5, 0.6) is 0 Å². The van der Waals surface area contributed by atoms with E-state index in [-0.39, 0.29) is 16.7 Å². The summed E-state index contributed by atoms with van der Waals surface area (Å²) in [5.41, 5.74) is 1.90. The first-order valence-electron chi connectivity index (χ1n) is 9.12. The van der Waals surface area contributed by atoms with Gasteiger partial charge in [0.15, 0.2) is 0 Å². The fourth-order valence-corrected chi connectivity index (χ4v) is 3.59. The second-order valence-corrected chi connectivity index (χ2v) is 7.63. The Balaban J connectivity index is 1.39. The second-order valence-electron chi connectivity index (χ2n) is 7.63. The van der Waals surface area contributed by atoms with Crippen LogP contribution in [-0.4, -0.2) is 17.6 Å². The number of amides is 1. The van der Waals surface area contributed by atoms with Gasteiger partial charge in [0, 0.05) is 17.5 Å². The van der Waals surface area contributed by atoms with Crippen molar-refractivity contribution in [2.75, 3.05) is 6.54 Å². The molecule has 4 nitrogen and oxygen atoms in total. The number of carbonyl (C=O) groups excluding carboxylic acids is 1. The van der Waals surface area contributed by atoms with E-state index in [1.165, 1.54) is 0 Å². The Bertz CT molecular complexity index is 844. The maximum atomic E-state index is 12.5. The number of hydrogen-bond acceptors (Lipinski definition) is 3. The smallest absolute Gasteiger partial charge is 0.251 e. The molecule has 2 aliphatic carbocycles. The monoisotopic (exact) mass is 346 g/mol. The van der Waals surface area contributed by atoms with Gasteiger partial charge in [0.05, 0.1) is 17.6 Å². The molecule has 0 bridgehead atoms. The lowest BCUT2D eigenvalue weighted by Gasteiger charge is -2.23. The molecule has 1 unspecified atom stereocenters. The third kappa shape index (κ3) is 3.00. The van der Waals surface area contributed by atoms with Crippen molar-refractivity contribution in [3.8, 4) is 6.07 Å². The molecule has 26 heavy (non-hydrogen) atoms. The van der Waals surface area contributed by atoms with Gasteiger partial charge in [-0.1, -0.05) is 42.5 Å². The van der Waals surface area contributed by atoms with E-state index in [2.05, 4.69) is 11.4 Å². The number of aliphatic hydroxyl groups is 1. The van der Waals surface area contributed by atoms with Crippen LogP contribution in [0.25, 0.3) is 0 Å². The van der Waals surface area contributed by atoms with E-state index >= 15 is 0 Å². The molecule has 0 spiro atoms. The zero-order chi connectivity index (χ0) is 18.2. The first-order chi connectivity index (χ1) is 12.6. The lowest BCUT2D eigenvalue weighted by atomic mass is 9.92. The summed E-state index contributed by atoms with van der Waals surface area (Å²) in [6, 6.07) is 19.3. The summed E-state index contributed by atoms with van der Waals surface area (Å²) in [4.78, 5) is 12.5. The maximum Gasteiger partial charge on any atom is 0.251 e. The molecular weight excluding hydrogens is 324 g/mol. The summed E-state index contributed by atoms with van der Waals surface area (Å²) >= 11 is 0. The molecule has 2 aromatic rings. The largest absolute Gasteiger partial charge is 0.388 e. The van der Waals surface area contributed by atoms with Gasteiger partial charge in [0.25, 0.3) is 5.91 Å². The molecule has 0 radical (unpaired) electrons. The van der Waals surface area contributed by atoms with Crippen LogP contribution in [0, 0.1) is 16.7 Å². The number of carbonyl (C=O) groups is 1. The highest BCUT2D eigenvalue weighted by molar-refractivity contribution is 5.94. The van der Waals surface area contributed by atoms with Crippen LogP contribution in [0.2, 0.25) is 0 Å². The highest BCUT2D eigenvalue weighted by Crippen LogP contribution is 2.54. The third-order valence-electron chi connectivity index (χ3n) is 5.85. The first-order valence-corrected chi connectivity index (χ1v) is 9.12. The summed E-state index contributed by atoms with van der Waals surface area (Å²) in [5.74, 6) is -0.134. The van der Waals surface area contributed by atoms with E-state index in [0.717, 1.165) is 36.8 Å². The summed E-state index contributed by atoms with van der Waals surface area (Å²) < 4.78 is 0. The van der Waals surface area contributed by atoms with Crippen molar-refractivity contribution in [3.63, 3.8) is 0 Å². The summed E-state index contributed by atoms with van der Waals surface area (Å²) in [6.07, 6.45) is 3.06. The molecule has 0 aromatic heterocycles. The Kier molecular flexibility index (Phi) is 4.05.